The van der Waals surface area contributed by atoms with Crippen LogP contribution in [0.2, 0.25) is 0 Å². The molecular weight excluding hydrogens is 584 g/mol. The van der Waals surface area contributed by atoms with Crippen molar-refractivity contribution in [1.82, 2.24) is 4.90 Å². The average molecular weight is 621 g/mol. The Hall–Kier alpha value is -5.10. The van der Waals surface area contributed by atoms with Crippen molar-refractivity contribution >= 4 is 72.4 Å². The molecule has 0 N–H and O–H groups in total. The zero-order valence-corrected chi connectivity index (χ0v) is 28.0. The molecule has 0 saturated carbocycles. The molecule has 6 aromatic rings. The van der Waals surface area contributed by atoms with Crippen LogP contribution in [0.4, 0.5) is 5.69 Å². The van der Waals surface area contributed by atoms with Crippen molar-refractivity contribution in [1.29, 1.82) is 0 Å². The lowest BCUT2D eigenvalue weighted by Crippen LogP contribution is -2.44. The van der Waals surface area contributed by atoms with E-state index in [0.29, 0.717) is 38.7 Å². The molecule has 0 spiro atoms. The van der Waals surface area contributed by atoms with E-state index in [-0.39, 0.29) is 40.5 Å². The van der Waals surface area contributed by atoms with E-state index in [1.807, 2.05) is 68.4 Å². The van der Waals surface area contributed by atoms with Crippen LogP contribution < -0.4 is 4.90 Å². The zero-order valence-electron chi connectivity index (χ0n) is 28.0. The summed E-state index contributed by atoms with van der Waals surface area (Å²) in [5.41, 5.74) is 4.08. The Balaban J connectivity index is 1.41. The average Bonchev–Trinajstić information content (AvgIpc) is 3.00. The van der Waals surface area contributed by atoms with Gasteiger partial charge in [-0.3, -0.25) is 24.1 Å². The minimum atomic E-state index is -0.344. The smallest absolute Gasteiger partial charge is 0.265 e. The predicted octanol–water partition coefficient (Wildman–Crippen LogP) is 9.14. The van der Waals surface area contributed by atoms with Gasteiger partial charge in [0.25, 0.3) is 23.6 Å². The van der Waals surface area contributed by atoms with Crippen LogP contribution in [0.25, 0.3) is 43.1 Å². The third-order valence-electron chi connectivity index (χ3n) is 10.1. The number of rotatable bonds is 2. The molecule has 0 bridgehead atoms. The second-order valence-corrected chi connectivity index (χ2v) is 15.4. The van der Waals surface area contributed by atoms with Gasteiger partial charge in [0.2, 0.25) is 0 Å². The monoisotopic (exact) mass is 620 g/mol. The van der Waals surface area contributed by atoms with Gasteiger partial charge in [-0.25, -0.2) is 4.90 Å². The van der Waals surface area contributed by atoms with Crippen LogP contribution in [0.3, 0.4) is 0 Å². The van der Waals surface area contributed by atoms with E-state index in [4.69, 9.17) is 0 Å². The first-order valence-corrected chi connectivity index (χ1v) is 16.2. The van der Waals surface area contributed by atoms with Gasteiger partial charge in [-0.05, 0) is 98.5 Å². The van der Waals surface area contributed by atoms with Crippen molar-refractivity contribution in [3.63, 3.8) is 0 Å². The number of imide groups is 2. The van der Waals surface area contributed by atoms with E-state index in [0.717, 1.165) is 43.4 Å². The maximum Gasteiger partial charge on any atom is 0.265 e. The van der Waals surface area contributed by atoms with Crippen molar-refractivity contribution in [3.8, 4) is 0 Å². The van der Waals surface area contributed by atoms with Crippen molar-refractivity contribution in [3.05, 3.63) is 100 Å². The quantitative estimate of drug-likeness (QED) is 0.110. The summed E-state index contributed by atoms with van der Waals surface area (Å²) in [7, 11) is 0. The molecule has 0 unspecified atom stereocenters. The van der Waals surface area contributed by atoms with Gasteiger partial charge >= 0.3 is 0 Å². The first kappa shape index (κ1) is 29.3. The van der Waals surface area contributed by atoms with Crippen LogP contribution in [0.15, 0.2) is 66.7 Å². The summed E-state index contributed by atoms with van der Waals surface area (Å²) in [6.45, 7) is 16.3. The fourth-order valence-electron chi connectivity index (χ4n) is 7.79. The number of benzene rings is 6. The number of anilines is 1. The molecular formula is C41H36N2O4. The lowest BCUT2D eigenvalue weighted by Gasteiger charge is -2.34. The topological polar surface area (TPSA) is 74.8 Å². The van der Waals surface area contributed by atoms with Gasteiger partial charge in [-0.15, -0.1) is 0 Å². The standard InChI is InChI=1S/C41H36N2O4/c1-20(2)42-36(44)26-14-10-22-24-12-16-28-35-29(17-13-25(33(24)35)23-11-15-27(37(42)45)34(26)32(22)23)39(47)43(38(28)46)31-19-21(40(3,4)5)9-18-30(31)41(6,7)8/h9-20H,1-8H3. The summed E-state index contributed by atoms with van der Waals surface area (Å²) in [4.78, 5) is 58.9. The SMILES string of the molecule is CC(C)N1C(=O)c2ccc3c4ccc5c6c(ccc(c7ccc(c2c37)C1=O)c64)C(=O)N(c1cc(C(C)(C)C)ccc1C(C)(C)C)C5=O. The molecule has 2 heterocycles. The van der Waals surface area contributed by atoms with Gasteiger partial charge in [-0.2, -0.15) is 0 Å². The molecule has 6 nitrogen and oxygen atoms in total. The zero-order chi connectivity index (χ0) is 33.5. The predicted molar refractivity (Wildman–Crippen MR) is 188 cm³/mol. The Kier molecular flexibility index (Phi) is 5.77. The highest BCUT2D eigenvalue weighted by Gasteiger charge is 2.39. The molecule has 0 aromatic heterocycles. The highest BCUT2D eigenvalue weighted by molar-refractivity contribution is 6.43. The number of nitrogens with zero attached hydrogens (tertiary/aromatic N) is 2. The van der Waals surface area contributed by atoms with Crippen LogP contribution in [0.1, 0.15) is 108 Å². The minimum absolute atomic E-state index is 0.178. The van der Waals surface area contributed by atoms with Crippen molar-refractivity contribution in [2.45, 2.75) is 72.3 Å². The number of carbonyl (C=O) groups is 4. The first-order valence-electron chi connectivity index (χ1n) is 16.2. The first-order chi connectivity index (χ1) is 22.1. The molecule has 0 radical (unpaired) electrons. The Morgan fingerprint density at radius 3 is 1.26 bits per heavy atom. The van der Waals surface area contributed by atoms with E-state index in [9.17, 15) is 19.2 Å². The van der Waals surface area contributed by atoms with Gasteiger partial charge in [0.15, 0.2) is 0 Å². The summed E-state index contributed by atoms with van der Waals surface area (Å²) < 4.78 is 0. The van der Waals surface area contributed by atoms with E-state index in [1.54, 1.807) is 0 Å². The Labute approximate surface area is 273 Å². The second kappa shape index (κ2) is 9.25. The molecule has 6 heteroatoms. The Morgan fingerprint density at radius 1 is 0.489 bits per heavy atom. The fraction of sp³-hybridized carbons (Fsp3) is 0.268. The van der Waals surface area contributed by atoms with E-state index >= 15 is 0 Å². The molecule has 234 valence electrons. The third-order valence-corrected chi connectivity index (χ3v) is 10.1. The summed E-state index contributed by atoms with van der Waals surface area (Å²) in [5, 5.41) is 6.52. The fourth-order valence-corrected chi connectivity index (χ4v) is 7.79. The van der Waals surface area contributed by atoms with E-state index in [1.165, 1.54) is 9.80 Å². The van der Waals surface area contributed by atoms with Crippen LogP contribution >= 0.6 is 0 Å². The number of fused-ring (bicyclic) bond motifs is 2. The normalized spacial score (nSPS) is 15.5. The summed E-state index contributed by atoms with van der Waals surface area (Å²) in [6.07, 6.45) is 0. The van der Waals surface area contributed by atoms with Crippen molar-refractivity contribution in [2.24, 2.45) is 0 Å². The molecule has 8 rings (SSSR count). The third kappa shape index (κ3) is 3.78. The molecule has 0 atom stereocenters. The number of carbonyl (C=O) groups excluding carboxylic acids is 4. The van der Waals surface area contributed by atoms with Gasteiger partial charge in [0, 0.05) is 39.1 Å². The molecule has 2 aliphatic rings. The largest absolute Gasteiger partial charge is 0.272 e. The molecule has 0 saturated heterocycles. The lowest BCUT2D eigenvalue weighted by molar-refractivity contribution is 0.0563. The number of amides is 4. The van der Waals surface area contributed by atoms with Crippen LogP contribution in [0.5, 0.6) is 0 Å². The highest BCUT2D eigenvalue weighted by atomic mass is 16.2. The van der Waals surface area contributed by atoms with Crippen molar-refractivity contribution < 1.29 is 19.2 Å². The molecule has 0 aliphatic carbocycles. The summed E-state index contributed by atoms with van der Waals surface area (Å²) >= 11 is 0. The van der Waals surface area contributed by atoms with Gasteiger partial charge in [0.1, 0.15) is 0 Å². The molecule has 2 aliphatic heterocycles. The highest BCUT2D eigenvalue weighted by Crippen LogP contribution is 2.47. The van der Waals surface area contributed by atoms with Gasteiger partial charge in [-0.1, -0.05) is 77.9 Å². The second-order valence-electron chi connectivity index (χ2n) is 15.4. The van der Waals surface area contributed by atoms with E-state index in [2.05, 4.69) is 53.7 Å². The van der Waals surface area contributed by atoms with Crippen molar-refractivity contribution in [2.75, 3.05) is 4.90 Å². The maximum atomic E-state index is 14.5. The number of hydrogen-bond acceptors (Lipinski definition) is 4. The van der Waals surface area contributed by atoms with Gasteiger partial charge in [0.05, 0.1) is 5.69 Å². The lowest BCUT2D eigenvalue weighted by atomic mass is 9.79. The molecule has 0 fully saturated rings. The van der Waals surface area contributed by atoms with E-state index < -0.39 is 0 Å². The van der Waals surface area contributed by atoms with Gasteiger partial charge < -0.3 is 0 Å². The molecule has 47 heavy (non-hydrogen) atoms. The summed E-state index contributed by atoms with van der Waals surface area (Å²) in [5.74, 6) is -1.27. The van der Waals surface area contributed by atoms with Crippen LogP contribution in [-0.4, -0.2) is 34.6 Å². The number of hydrogen-bond donors (Lipinski definition) is 0. The summed E-state index contributed by atoms with van der Waals surface area (Å²) in [6, 6.07) is 20.9. The van der Waals surface area contributed by atoms with Crippen LogP contribution in [-0.2, 0) is 10.8 Å². The van der Waals surface area contributed by atoms with Crippen LogP contribution in [0, 0.1) is 0 Å². The Bertz CT molecular complexity index is 2320. The maximum absolute atomic E-state index is 14.5. The minimum Gasteiger partial charge on any atom is -0.272 e. The molecule has 4 amide bonds. The Morgan fingerprint density at radius 2 is 0.894 bits per heavy atom. The molecule has 6 aromatic carbocycles.